The molecule has 2 aliphatic heterocycles. The maximum absolute atomic E-state index is 12.6. The lowest BCUT2D eigenvalue weighted by Crippen LogP contribution is -2.55. The Morgan fingerprint density at radius 3 is 2.40 bits per heavy atom. The third kappa shape index (κ3) is 2.79. The minimum atomic E-state index is -0.604. The number of carbonyl (C=O) groups excluding carboxylic acids is 2. The van der Waals surface area contributed by atoms with Gasteiger partial charge in [-0.15, -0.1) is 11.3 Å². The maximum Gasteiger partial charge on any atom is 0.327 e. The molecule has 136 valence electrons. The van der Waals surface area contributed by atoms with Gasteiger partial charge in [0.05, 0.1) is 0 Å². The van der Waals surface area contributed by atoms with Gasteiger partial charge < -0.3 is 4.90 Å². The van der Waals surface area contributed by atoms with Gasteiger partial charge in [0.15, 0.2) is 0 Å². The fraction of sp³-hybridized carbons (Fsp3) is 0.684. The van der Waals surface area contributed by atoms with Crippen LogP contribution in [0.3, 0.4) is 0 Å². The molecule has 25 heavy (non-hydrogen) atoms. The van der Waals surface area contributed by atoms with Crippen molar-refractivity contribution in [2.75, 3.05) is 27.2 Å². The highest BCUT2D eigenvalue weighted by atomic mass is 32.1. The molecular weight excluding hydrogens is 334 g/mol. The normalized spacial score (nSPS) is 24.9. The van der Waals surface area contributed by atoms with Gasteiger partial charge in [0.1, 0.15) is 5.54 Å². The summed E-state index contributed by atoms with van der Waals surface area (Å²) in [6.45, 7) is 2.71. The summed E-state index contributed by atoms with van der Waals surface area (Å²) >= 11 is 1.97. The van der Waals surface area contributed by atoms with Gasteiger partial charge >= 0.3 is 6.03 Å². The zero-order valence-corrected chi connectivity index (χ0v) is 16.0. The molecule has 1 aliphatic carbocycles. The Morgan fingerprint density at radius 2 is 1.80 bits per heavy atom. The summed E-state index contributed by atoms with van der Waals surface area (Å²) in [5.74, 6) is 0.758. The minimum Gasteiger partial charge on any atom is -0.312 e. The van der Waals surface area contributed by atoms with Crippen LogP contribution in [0.2, 0.25) is 0 Å². The van der Waals surface area contributed by atoms with Crippen LogP contribution in [0, 0.1) is 0 Å². The van der Waals surface area contributed by atoms with E-state index in [4.69, 9.17) is 0 Å². The van der Waals surface area contributed by atoms with E-state index in [0.29, 0.717) is 0 Å². The summed E-state index contributed by atoms with van der Waals surface area (Å²) in [5.41, 5.74) is -0.604. The monoisotopic (exact) mass is 361 g/mol. The first-order valence-electron chi connectivity index (χ1n) is 9.38. The summed E-state index contributed by atoms with van der Waals surface area (Å²) in [7, 11) is 3.37. The van der Waals surface area contributed by atoms with Crippen molar-refractivity contribution in [1.29, 1.82) is 0 Å². The number of likely N-dealkylation sites (tertiary alicyclic amines) is 1. The molecule has 3 aliphatic rings. The number of likely N-dealkylation sites (N-methyl/N-ethyl adjacent to an activating group) is 2. The summed E-state index contributed by atoms with van der Waals surface area (Å²) < 4.78 is 0. The van der Waals surface area contributed by atoms with Crippen LogP contribution in [0.25, 0.3) is 0 Å². The van der Waals surface area contributed by atoms with Crippen LogP contribution >= 0.6 is 11.3 Å². The molecule has 1 saturated carbocycles. The second-order valence-electron chi connectivity index (χ2n) is 7.80. The van der Waals surface area contributed by atoms with Gasteiger partial charge in [-0.05, 0) is 43.7 Å². The van der Waals surface area contributed by atoms with Crippen LogP contribution in [-0.2, 0) is 11.3 Å². The van der Waals surface area contributed by atoms with E-state index in [1.165, 1.54) is 35.5 Å². The molecule has 6 heteroatoms. The molecule has 0 N–H and O–H groups in total. The third-order valence-electron chi connectivity index (χ3n) is 6.42. The lowest BCUT2D eigenvalue weighted by molar-refractivity contribution is -0.134. The van der Waals surface area contributed by atoms with E-state index in [1.54, 1.807) is 23.9 Å². The second-order valence-corrected chi connectivity index (χ2v) is 9.00. The fourth-order valence-corrected chi connectivity index (χ4v) is 5.93. The zero-order chi connectivity index (χ0) is 17.6. The number of hydrogen-bond donors (Lipinski definition) is 0. The Bertz CT molecular complexity index is 672. The minimum absolute atomic E-state index is 0.0284. The van der Waals surface area contributed by atoms with Crippen LogP contribution in [0.1, 0.15) is 54.2 Å². The van der Waals surface area contributed by atoms with Gasteiger partial charge in [-0.25, -0.2) is 4.79 Å². The quantitative estimate of drug-likeness (QED) is 0.776. The zero-order valence-electron chi connectivity index (χ0n) is 15.2. The topological polar surface area (TPSA) is 43.9 Å². The average molecular weight is 362 g/mol. The number of carbonyl (C=O) groups is 2. The molecule has 3 heterocycles. The molecule has 0 unspecified atom stereocenters. The standard InChI is InChI=1S/C19H27N3O2S/c1-20-17(23)19(21(2)18(20)24)9-11-22(12-10-19)13-15-7-8-16(25-15)14-5-3-4-6-14/h7-8,14H,3-6,9-13H2,1-2H3. The molecule has 1 spiro atoms. The van der Waals surface area contributed by atoms with E-state index < -0.39 is 5.54 Å². The van der Waals surface area contributed by atoms with Crippen LogP contribution in [0.5, 0.6) is 0 Å². The molecule has 2 saturated heterocycles. The van der Waals surface area contributed by atoms with Crippen molar-refractivity contribution in [2.24, 2.45) is 0 Å². The second kappa shape index (κ2) is 6.40. The van der Waals surface area contributed by atoms with Gasteiger partial charge in [0.25, 0.3) is 5.91 Å². The number of hydrogen-bond acceptors (Lipinski definition) is 4. The van der Waals surface area contributed by atoms with Crippen LogP contribution < -0.4 is 0 Å². The van der Waals surface area contributed by atoms with Gasteiger partial charge in [-0.3, -0.25) is 14.6 Å². The molecule has 0 radical (unpaired) electrons. The van der Waals surface area contributed by atoms with Crippen molar-refractivity contribution >= 4 is 23.3 Å². The van der Waals surface area contributed by atoms with Gasteiger partial charge in [0.2, 0.25) is 0 Å². The van der Waals surface area contributed by atoms with Gasteiger partial charge in [-0.1, -0.05) is 12.8 Å². The first kappa shape index (κ1) is 17.0. The smallest absolute Gasteiger partial charge is 0.312 e. The molecular formula is C19H27N3O2S. The molecule has 3 amide bonds. The summed E-state index contributed by atoms with van der Waals surface area (Å²) in [4.78, 5) is 33.0. The largest absolute Gasteiger partial charge is 0.327 e. The third-order valence-corrected chi connectivity index (χ3v) is 7.65. The van der Waals surface area contributed by atoms with E-state index in [9.17, 15) is 9.59 Å². The molecule has 0 atom stereocenters. The van der Waals surface area contributed by atoms with Crippen molar-refractivity contribution in [2.45, 2.75) is 56.5 Å². The predicted octanol–water partition coefficient (Wildman–Crippen LogP) is 3.26. The first-order chi connectivity index (χ1) is 12.0. The highest BCUT2D eigenvalue weighted by Gasteiger charge is 2.55. The van der Waals surface area contributed by atoms with Gasteiger partial charge in [-0.2, -0.15) is 0 Å². The Morgan fingerprint density at radius 1 is 1.12 bits per heavy atom. The molecule has 0 aromatic carbocycles. The summed E-state index contributed by atoms with van der Waals surface area (Å²) in [6, 6.07) is 4.44. The highest BCUT2D eigenvalue weighted by Crippen LogP contribution is 2.39. The lowest BCUT2D eigenvalue weighted by atomic mass is 9.86. The van der Waals surface area contributed by atoms with Crippen LogP contribution in [0.15, 0.2) is 12.1 Å². The Labute approximate surface area is 153 Å². The van der Waals surface area contributed by atoms with Crippen molar-refractivity contribution in [3.63, 3.8) is 0 Å². The molecule has 5 nitrogen and oxygen atoms in total. The molecule has 4 rings (SSSR count). The predicted molar refractivity (Wildman–Crippen MR) is 98.7 cm³/mol. The van der Waals surface area contributed by atoms with E-state index in [2.05, 4.69) is 17.0 Å². The fourth-order valence-electron chi connectivity index (χ4n) is 4.71. The number of nitrogens with zero attached hydrogens (tertiary/aromatic N) is 3. The highest BCUT2D eigenvalue weighted by molar-refractivity contribution is 7.12. The van der Waals surface area contributed by atoms with Crippen molar-refractivity contribution in [3.05, 3.63) is 21.9 Å². The number of urea groups is 1. The Hall–Kier alpha value is -1.40. The first-order valence-corrected chi connectivity index (χ1v) is 10.2. The summed E-state index contributed by atoms with van der Waals surface area (Å²) in [6.07, 6.45) is 6.92. The van der Waals surface area contributed by atoms with Crippen LogP contribution in [-0.4, -0.2) is 59.4 Å². The summed E-state index contributed by atoms with van der Waals surface area (Å²) in [5, 5.41) is 0. The maximum atomic E-state index is 12.6. The number of piperidine rings is 1. The van der Waals surface area contributed by atoms with Crippen LogP contribution in [0.4, 0.5) is 4.79 Å². The lowest BCUT2D eigenvalue weighted by Gasteiger charge is -2.40. The van der Waals surface area contributed by atoms with Crippen molar-refractivity contribution < 1.29 is 9.59 Å². The Balaban J connectivity index is 1.38. The van der Waals surface area contributed by atoms with E-state index >= 15 is 0 Å². The number of imide groups is 1. The molecule has 1 aromatic heterocycles. The molecule has 0 bridgehead atoms. The van der Waals surface area contributed by atoms with E-state index in [-0.39, 0.29) is 11.9 Å². The van der Waals surface area contributed by atoms with Crippen molar-refractivity contribution in [3.8, 4) is 0 Å². The average Bonchev–Trinajstić information content (AvgIpc) is 3.33. The Kier molecular flexibility index (Phi) is 4.36. The molecule has 3 fully saturated rings. The van der Waals surface area contributed by atoms with Gasteiger partial charge in [0, 0.05) is 43.5 Å². The van der Waals surface area contributed by atoms with E-state index in [0.717, 1.165) is 38.4 Å². The number of rotatable bonds is 3. The number of amides is 3. The van der Waals surface area contributed by atoms with E-state index in [1.807, 2.05) is 11.3 Å². The number of thiophene rings is 1. The van der Waals surface area contributed by atoms with Crippen molar-refractivity contribution in [1.82, 2.24) is 14.7 Å². The SMILES string of the molecule is CN1C(=O)N(C)C2(CCN(Cc3ccc(C4CCCC4)s3)CC2)C1=O. The molecule has 1 aromatic rings.